The van der Waals surface area contributed by atoms with Crippen LogP contribution in [-0.2, 0) is 9.59 Å². The summed E-state index contributed by atoms with van der Waals surface area (Å²) in [6.45, 7) is 8.46. The second-order valence-electron chi connectivity index (χ2n) is 7.38. The third-order valence-corrected chi connectivity index (χ3v) is 5.39. The van der Waals surface area contributed by atoms with E-state index in [1.165, 1.54) is 12.1 Å². The number of nitrogens with zero attached hydrogens (tertiary/aromatic N) is 2. The van der Waals surface area contributed by atoms with Crippen LogP contribution in [-0.4, -0.2) is 49.5 Å². The van der Waals surface area contributed by atoms with Crippen LogP contribution in [0, 0.1) is 18.7 Å². The van der Waals surface area contributed by atoms with E-state index in [0.29, 0.717) is 13.1 Å². The number of carbonyl (C=O) groups is 2. The quantitative estimate of drug-likeness (QED) is 0.720. The van der Waals surface area contributed by atoms with E-state index in [-0.39, 0.29) is 30.1 Å². The van der Waals surface area contributed by atoms with Crippen molar-refractivity contribution < 1.29 is 18.7 Å². The number of likely N-dealkylation sites (tertiary alicyclic amines) is 1. The van der Waals surface area contributed by atoms with Crippen molar-refractivity contribution in [3.05, 3.63) is 53.8 Å². The van der Waals surface area contributed by atoms with E-state index in [1.54, 1.807) is 17.0 Å². The van der Waals surface area contributed by atoms with Crippen molar-refractivity contribution in [3.8, 4) is 5.75 Å². The minimum Gasteiger partial charge on any atom is -0.481 e. The number of hydrogen-bond acceptors (Lipinski definition) is 4. The summed E-state index contributed by atoms with van der Waals surface area (Å²) >= 11 is 0. The predicted octanol–water partition coefficient (Wildman–Crippen LogP) is 3.46. The fourth-order valence-corrected chi connectivity index (χ4v) is 3.45. The van der Waals surface area contributed by atoms with Crippen LogP contribution in [0.5, 0.6) is 5.75 Å². The Balaban J connectivity index is 1.48. The van der Waals surface area contributed by atoms with E-state index in [9.17, 15) is 14.0 Å². The molecule has 0 spiro atoms. The van der Waals surface area contributed by atoms with E-state index in [4.69, 9.17) is 4.74 Å². The fourth-order valence-electron chi connectivity index (χ4n) is 3.45. The molecule has 0 aliphatic carbocycles. The van der Waals surface area contributed by atoms with Crippen LogP contribution in [0.4, 0.5) is 15.8 Å². The lowest BCUT2D eigenvalue weighted by molar-refractivity contribution is -0.143. The molecular weight excluding hydrogens is 385 g/mol. The summed E-state index contributed by atoms with van der Waals surface area (Å²) in [5.41, 5.74) is 2.91. The van der Waals surface area contributed by atoms with Crippen LogP contribution in [0.2, 0.25) is 0 Å². The Hall–Kier alpha value is -3.09. The lowest BCUT2D eigenvalue weighted by atomic mass is 9.98. The molecule has 0 radical (unpaired) electrons. The van der Waals surface area contributed by atoms with E-state index in [2.05, 4.69) is 30.1 Å². The number of carbonyl (C=O) groups excluding carboxylic acids is 2. The van der Waals surface area contributed by atoms with Gasteiger partial charge in [-0.05, 0) is 56.7 Å². The Labute approximate surface area is 176 Å². The van der Waals surface area contributed by atoms with Crippen LogP contribution in [0.3, 0.4) is 0 Å². The molecule has 2 aromatic carbocycles. The second-order valence-corrected chi connectivity index (χ2v) is 7.38. The summed E-state index contributed by atoms with van der Waals surface area (Å²) in [6.07, 6.45) is 0. The molecule has 1 saturated heterocycles. The number of amides is 2. The Morgan fingerprint density at radius 3 is 2.50 bits per heavy atom. The van der Waals surface area contributed by atoms with Gasteiger partial charge in [0.1, 0.15) is 0 Å². The van der Waals surface area contributed by atoms with Gasteiger partial charge in [0.15, 0.2) is 18.2 Å². The van der Waals surface area contributed by atoms with Gasteiger partial charge in [0.25, 0.3) is 5.91 Å². The van der Waals surface area contributed by atoms with Crippen LogP contribution < -0.4 is 15.0 Å². The molecule has 1 heterocycles. The van der Waals surface area contributed by atoms with Gasteiger partial charge < -0.3 is 19.9 Å². The van der Waals surface area contributed by atoms with Crippen molar-refractivity contribution in [3.63, 3.8) is 0 Å². The first-order valence-electron chi connectivity index (χ1n) is 10.2. The zero-order chi connectivity index (χ0) is 21.7. The van der Waals surface area contributed by atoms with Gasteiger partial charge in [0, 0.05) is 37.6 Å². The number of para-hydroxylation sites is 1. The van der Waals surface area contributed by atoms with Gasteiger partial charge in [-0.1, -0.05) is 12.1 Å². The van der Waals surface area contributed by atoms with Gasteiger partial charge in [-0.3, -0.25) is 9.59 Å². The number of halogens is 1. The van der Waals surface area contributed by atoms with Gasteiger partial charge >= 0.3 is 0 Å². The number of hydrogen-bond donors (Lipinski definition) is 1. The monoisotopic (exact) mass is 413 g/mol. The highest BCUT2D eigenvalue weighted by Crippen LogP contribution is 2.25. The molecule has 3 rings (SSSR count). The van der Waals surface area contributed by atoms with Crippen LogP contribution in [0.15, 0.2) is 42.5 Å². The minimum atomic E-state index is -0.506. The molecule has 1 N–H and O–H groups in total. The lowest BCUT2D eigenvalue weighted by Crippen LogP contribution is -2.55. The van der Waals surface area contributed by atoms with Gasteiger partial charge in [-0.25, -0.2) is 4.39 Å². The molecule has 30 heavy (non-hydrogen) atoms. The first-order chi connectivity index (χ1) is 14.4. The average molecular weight is 413 g/mol. The molecule has 0 aromatic heterocycles. The molecular formula is C23H28FN3O3. The second kappa shape index (κ2) is 9.61. The fraction of sp³-hybridized carbons (Fsp3) is 0.391. The van der Waals surface area contributed by atoms with Gasteiger partial charge in [0.2, 0.25) is 5.91 Å². The molecule has 0 unspecified atom stereocenters. The van der Waals surface area contributed by atoms with E-state index >= 15 is 0 Å². The number of rotatable bonds is 8. The van der Waals surface area contributed by atoms with E-state index in [1.807, 2.05) is 19.1 Å². The largest absolute Gasteiger partial charge is 0.481 e. The number of ether oxygens (including phenoxy) is 1. The lowest BCUT2D eigenvalue weighted by Gasteiger charge is -2.38. The van der Waals surface area contributed by atoms with Gasteiger partial charge in [-0.15, -0.1) is 0 Å². The molecule has 1 aliphatic rings. The van der Waals surface area contributed by atoms with Gasteiger partial charge in [0.05, 0.1) is 5.92 Å². The highest BCUT2D eigenvalue weighted by molar-refractivity contribution is 5.95. The molecule has 2 aromatic rings. The summed E-state index contributed by atoms with van der Waals surface area (Å²) < 4.78 is 18.8. The maximum Gasteiger partial charge on any atom is 0.260 e. The van der Waals surface area contributed by atoms with Crippen LogP contribution in [0.25, 0.3) is 0 Å². The number of anilines is 2. The summed E-state index contributed by atoms with van der Waals surface area (Å²) in [4.78, 5) is 28.5. The molecule has 1 aliphatic heterocycles. The summed E-state index contributed by atoms with van der Waals surface area (Å²) in [7, 11) is 0. The number of aryl methyl sites for hydroxylation is 1. The first-order valence-corrected chi connectivity index (χ1v) is 10.2. The highest BCUT2D eigenvalue weighted by Gasteiger charge is 2.36. The number of nitrogens with one attached hydrogen (secondary N) is 1. The van der Waals surface area contributed by atoms with Crippen LogP contribution >= 0.6 is 0 Å². The zero-order valence-corrected chi connectivity index (χ0v) is 17.7. The topological polar surface area (TPSA) is 61.9 Å². The smallest absolute Gasteiger partial charge is 0.260 e. The van der Waals surface area contributed by atoms with Gasteiger partial charge in [-0.2, -0.15) is 0 Å². The van der Waals surface area contributed by atoms with Crippen molar-refractivity contribution in [1.29, 1.82) is 0 Å². The predicted molar refractivity (Wildman–Crippen MR) is 115 cm³/mol. The normalized spacial score (nSPS) is 13.5. The molecule has 160 valence electrons. The molecule has 7 heteroatoms. The summed E-state index contributed by atoms with van der Waals surface area (Å²) in [6, 6.07) is 11.9. The van der Waals surface area contributed by atoms with Crippen molar-refractivity contribution in [2.75, 3.05) is 43.0 Å². The summed E-state index contributed by atoms with van der Waals surface area (Å²) in [5.74, 6) is -1.09. The Bertz CT molecular complexity index is 908. The zero-order valence-electron chi connectivity index (χ0n) is 17.7. The molecule has 6 nitrogen and oxygen atoms in total. The standard InChI is InChI=1S/C23H28FN3O3/c1-4-26(5-2)18-10-11-20(16(3)12-18)25-23(29)17-13-27(14-17)22(28)15-30-21-9-7-6-8-19(21)24/h6-12,17H,4-5,13-15H2,1-3H3,(H,25,29). The van der Waals surface area contributed by atoms with E-state index < -0.39 is 5.82 Å². The SMILES string of the molecule is CCN(CC)c1ccc(NC(=O)C2CN(C(=O)COc3ccccc3F)C2)c(C)c1. The summed E-state index contributed by atoms with van der Waals surface area (Å²) in [5, 5.41) is 2.96. The van der Waals surface area contributed by atoms with Crippen LogP contribution in [0.1, 0.15) is 19.4 Å². The van der Waals surface area contributed by atoms with Crippen molar-refractivity contribution in [1.82, 2.24) is 4.90 Å². The molecule has 0 atom stereocenters. The third kappa shape index (κ3) is 4.90. The van der Waals surface area contributed by atoms with Crippen molar-refractivity contribution in [2.45, 2.75) is 20.8 Å². The Kier molecular flexibility index (Phi) is 6.92. The minimum absolute atomic E-state index is 0.0456. The van der Waals surface area contributed by atoms with E-state index in [0.717, 1.165) is 30.0 Å². The number of benzene rings is 2. The molecule has 0 bridgehead atoms. The molecule has 1 fully saturated rings. The highest BCUT2D eigenvalue weighted by atomic mass is 19.1. The maximum absolute atomic E-state index is 13.5. The maximum atomic E-state index is 13.5. The average Bonchev–Trinajstić information content (AvgIpc) is 2.69. The third-order valence-electron chi connectivity index (χ3n) is 5.39. The first kappa shape index (κ1) is 21.6. The Morgan fingerprint density at radius 2 is 1.87 bits per heavy atom. The van der Waals surface area contributed by atoms with Crippen molar-refractivity contribution in [2.24, 2.45) is 5.92 Å². The Morgan fingerprint density at radius 1 is 1.17 bits per heavy atom. The molecule has 0 saturated carbocycles. The van der Waals surface area contributed by atoms with Crippen molar-refractivity contribution >= 4 is 23.2 Å². The molecule has 2 amide bonds.